The fraction of sp³-hybridized carbons (Fsp3) is 0.444. The molecular formula is C27H33F3NO4+. The smallest absolute Gasteiger partial charge is 0.453 e. The van der Waals surface area contributed by atoms with Crippen molar-refractivity contribution in [2.24, 2.45) is 11.8 Å². The van der Waals surface area contributed by atoms with Crippen molar-refractivity contribution < 1.29 is 32.3 Å². The molecule has 0 bridgehead atoms. The van der Waals surface area contributed by atoms with Crippen molar-refractivity contribution in [1.82, 2.24) is 0 Å². The first kappa shape index (κ1) is 26.6. The van der Waals surface area contributed by atoms with E-state index in [4.69, 9.17) is 9.15 Å². The van der Waals surface area contributed by atoms with Crippen molar-refractivity contribution in [2.45, 2.75) is 53.8 Å². The maximum Gasteiger partial charge on any atom is 0.453 e. The standard InChI is InChI=1S/C27H32F3NO4/c1-6-18-7-9-19(10-8-18)34-25-23(33)20-11-12-22(32)21(24(20)35-26(25)27(28,29)30)15-31(13-16(2)3)14-17(4)5/h7-12,16-17,32H,6,13-15H2,1-5H3/p+1. The first-order valence-corrected chi connectivity index (χ1v) is 11.9. The Labute approximate surface area is 203 Å². The second-order valence-corrected chi connectivity index (χ2v) is 9.75. The number of fused-ring (bicyclic) bond motifs is 1. The summed E-state index contributed by atoms with van der Waals surface area (Å²) in [5.41, 5.74) is -0.0381. The lowest BCUT2D eigenvalue weighted by Crippen LogP contribution is -3.11. The summed E-state index contributed by atoms with van der Waals surface area (Å²) in [5, 5.41) is 10.5. The zero-order valence-electron chi connectivity index (χ0n) is 20.8. The largest absolute Gasteiger partial charge is 0.507 e. The number of alkyl halides is 3. The summed E-state index contributed by atoms with van der Waals surface area (Å²) < 4.78 is 52.9. The average molecular weight is 493 g/mol. The normalized spacial score (nSPS) is 12.3. The minimum Gasteiger partial charge on any atom is -0.507 e. The number of hydrogen-bond acceptors (Lipinski definition) is 4. The zero-order chi connectivity index (χ0) is 25.9. The van der Waals surface area contributed by atoms with E-state index in [1.807, 2.05) is 6.92 Å². The lowest BCUT2D eigenvalue weighted by Gasteiger charge is -2.24. The van der Waals surface area contributed by atoms with Crippen molar-refractivity contribution in [2.75, 3.05) is 13.1 Å². The maximum absolute atomic E-state index is 14.0. The van der Waals surface area contributed by atoms with Crippen molar-refractivity contribution in [1.29, 1.82) is 0 Å². The van der Waals surface area contributed by atoms with Crippen LogP contribution in [0.3, 0.4) is 0 Å². The van der Waals surface area contributed by atoms with Crippen LogP contribution >= 0.6 is 0 Å². The van der Waals surface area contributed by atoms with Crippen LogP contribution in [0, 0.1) is 11.8 Å². The van der Waals surface area contributed by atoms with Crippen LogP contribution in [-0.2, 0) is 19.1 Å². The monoisotopic (exact) mass is 492 g/mol. The minimum atomic E-state index is -4.98. The van der Waals surface area contributed by atoms with Crippen molar-refractivity contribution in [3.63, 3.8) is 0 Å². The summed E-state index contributed by atoms with van der Waals surface area (Å²) in [6.07, 6.45) is -4.22. The average Bonchev–Trinajstić information content (AvgIpc) is 2.76. The zero-order valence-corrected chi connectivity index (χ0v) is 20.8. The van der Waals surface area contributed by atoms with Gasteiger partial charge in [0.05, 0.1) is 24.0 Å². The molecule has 8 heteroatoms. The lowest BCUT2D eigenvalue weighted by atomic mass is 10.1. The molecule has 0 fully saturated rings. The van der Waals surface area contributed by atoms with E-state index in [1.54, 1.807) is 12.1 Å². The maximum atomic E-state index is 14.0. The minimum absolute atomic E-state index is 0.0700. The number of halogens is 3. The quantitative estimate of drug-likeness (QED) is 0.410. The van der Waals surface area contributed by atoms with E-state index in [1.165, 1.54) is 24.3 Å². The molecule has 0 saturated heterocycles. The van der Waals surface area contributed by atoms with Crippen LogP contribution in [0.15, 0.2) is 45.6 Å². The van der Waals surface area contributed by atoms with E-state index in [-0.39, 0.29) is 34.6 Å². The Hall–Kier alpha value is -3.00. The van der Waals surface area contributed by atoms with Gasteiger partial charge in [-0.05, 0) is 36.2 Å². The summed E-state index contributed by atoms with van der Waals surface area (Å²) in [4.78, 5) is 14.3. The van der Waals surface area contributed by atoms with Crippen LogP contribution in [0.4, 0.5) is 13.2 Å². The van der Waals surface area contributed by atoms with Crippen LogP contribution in [-0.4, -0.2) is 18.2 Å². The molecule has 2 aromatic carbocycles. The number of hydrogen-bond donors (Lipinski definition) is 2. The fourth-order valence-corrected chi connectivity index (χ4v) is 4.28. The van der Waals surface area contributed by atoms with Gasteiger partial charge in [-0.1, -0.05) is 46.8 Å². The predicted octanol–water partition coefficient (Wildman–Crippen LogP) is 5.57. The Morgan fingerprint density at radius 2 is 1.60 bits per heavy atom. The Morgan fingerprint density at radius 1 is 1.00 bits per heavy atom. The molecule has 0 aliphatic rings. The molecule has 0 aliphatic carbocycles. The van der Waals surface area contributed by atoms with Gasteiger partial charge in [-0.25, -0.2) is 0 Å². The van der Waals surface area contributed by atoms with Crippen molar-refractivity contribution in [3.05, 3.63) is 63.5 Å². The third-order valence-corrected chi connectivity index (χ3v) is 5.73. The summed E-state index contributed by atoms with van der Waals surface area (Å²) >= 11 is 0. The highest BCUT2D eigenvalue weighted by Gasteiger charge is 2.41. The molecule has 0 unspecified atom stereocenters. The number of benzene rings is 2. The Morgan fingerprint density at radius 3 is 2.11 bits per heavy atom. The molecule has 0 saturated carbocycles. The molecule has 2 N–H and O–H groups in total. The molecule has 0 atom stereocenters. The molecule has 0 radical (unpaired) electrons. The Kier molecular flexibility index (Phi) is 8.15. The molecular weight excluding hydrogens is 459 g/mol. The fourth-order valence-electron chi connectivity index (χ4n) is 4.28. The molecule has 5 nitrogen and oxygen atoms in total. The highest BCUT2D eigenvalue weighted by Crippen LogP contribution is 2.39. The van der Waals surface area contributed by atoms with E-state index in [0.29, 0.717) is 11.8 Å². The summed E-state index contributed by atoms with van der Waals surface area (Å²) in [5.74, 6) is -1.88. The number of aromatic hydroxyl groups is 1. The second kappa shape index (κ2) is 10.7. The number of phenolic OH excluding ortho intramolecular Hbond substituents is 1. The third-order valence-electron chi connectivity index (χ3n) is 5.73. The molecule has 0 amide bonds. The molecule has 35 heavy (non-hydrogen) atoms. The summed E-state index contributed by atoms with van der Waals surface area (Å²) in [6.45, 7) is 11.9. The first-order valence-electron chi connectivity index (χ1n) is 11.9. The number of phenols is 1. The first-order chi connectivity index (χ1) is 16.4. The van der Waals surface area contributed by atoms with Crippen LogP contribution in [0.25, 0.3) is 11.0 Å². The highest BCUT2D eigenvalue weighted by molar-refractivity contribution is 5.83. The number of aryl methyl sites for hydroxylation is 1. The molecule has 190 valence electrons. The molecule has 3 aromatic rings. The number of ether oxygens (including phenoxy) is 1. The number of quaternary nitrogens is 1. The van der Waals surface area contributed by atoms with E-state index in [2.05, 4.69) is 27.7 Å². The summed E-state index contributed by atoms with van der Waals surface area (Å²) in [7, 11) is 0. The van der Waals surface area contributed by atoms with E-state index in [0.717, 1.165) is 30.0 Å². The second-order valence-electron chi connectivity index (χ2n) is 9.75. The van der Waals surface area contributed by atoms with Crippen molar-refractivity contribution in [3.8, 4) is 17.2 Å². The number of rotatable bonds is 9. The molecule has 0 spiro atoms. The third kappa shape index (κ3) is 6.36. The predicted molar refractivity (Wildman–Crippen MR) is 129 cm³/mol. The van der Waals surface area contributed by atoms with Gasteiger partial charge >= 0.3 is 6.18 Å². The molecule has 0 aliphatic heterocycles. The van der Waals surface area contributed by atoms with Gasteiger partial charge in [0.15, 0.2) is 5.58 Å². The van der Waals surface area contributed by atoms with E-state index < -0.39 is 23.1 Å². The molecule has 1 aromatic heterocycles. The van der Waals surface area contributed by atoms with Gasteiger partial charge in [0.1, 0.15) is 18.0 Å². The highest BCUT2D eigenvalue weighted by atomic mass is 19.4. The van der Waals surface area contributed by atoms with E-state index in [9.17, 15) is 23.1 Å². The van der Waals surface area contributed by atoms with Gasteiger partial charge in [0, 0.05) is 11.8 Å². The van der Waals surface area contributed by atoms with Crippen LogP contribution in [0.1, 0.15) is 51.5 Å². The Balaban J connectivity index is 2.17. The topological polar surface area (TPSA) is 64.1 Å². The van der Waals surface area contributed by atoms with Gasteiger partial charge < -0.3 is 19.2 Å². The van der Waals surface area contributed by atoms with Gasteiger partial charge in [0.25, 0.3) is 5.76 Å². The molecule has 1 heterocycles. The van der Waals surface area contributed by atoms with Gasteiger partial charge in [-0.2, -0.15) is 13.2 Å². The van der Waals surface area contributed by atoms with E-state index >= 15 is 0 Å². The van der Waals surface area contributed by atoms with Crippen LogP contribution in [0.5, 0.6) is 17.2 Å². The van der Waals surface area contributed by atoms with Crippen molar-refractivity contribution >= 4 is 11.0 Å². The van der Waals surface area contributed by atoms with Gasteiger partial charge in [-0.15, -0.1) is 0 Å². The van der Waals surface area contributed by atoms with Crippen LogP contribution in [0.2, 0.25) is 0 Å². The van der Waals surface area contributed by atoms with Crippen LogP contribution < -0.4 is 15.1 Å². The Bertz CT molecular complexity index is 1200. The molecule has 3 rings (SSSR count). The SMILES string of the molecule is CCc1ccc(Oc2c(C(F)(F)F)oc3c(C[NH+](CC(C)C)CC(C)C)c(O)ccc3c2=O)cc1. The lowest BCUT2D eigenvalue weighted by molar-refractivity contribution is -0.919. The van der Waals surface area contributed by atoms with Gasteiger partial charge in [-0.3, -0.25) is 4.79 Å². The number of nitrogens with one attached hydrogen (secondary N) is 1. The summed E-state index contributed by atoms with van der Waals surface area (Å²) in [6, 6.07) is 9.08. The van der Waals surface area contributed by atoms with Gasteiger partial charge in [0.2, 0.25) is 11.2 Å².